The van der Waals surface area contributed by atoms with E-state index in [2.05, 4.69) is 21.8 Å². The highest BCUT2D eigenvalue weighted by Crippen LogP contribution is 2.25. The third kappa shape index (κ3) is 2.72. The highest BCUT2D eigenvalue weighted by molar-refractivity contribution is 5.56. The molecule has 0 aliphatic carbocycles. The highest BCUT2D eigenvalue weighted by Gasteiger charge is 2.21. The van der Waals surface area contributed by atoms with Gasteiger partial charge >= 0.3 is 0 Å². The van der Waals surface area contributed by atoms with Gasteiger partial charge in [0.1, 0.15) is 17.5 Å². The molecule has 0 aromatic carbocycles. The number of nitrogens with two attached hydrogens (primary N) is 1. The molecule has 0 spiro atoms. The third-order valence-electron chi connectivity index (χ3n) is 3.44. The van der Waals surface area contributed by atoms with Crippen molar-refractivity contribution in [3.05, 3.63) is 11.4 Å². The van der Waals surface area contributed by atoms with Gasteiger partial charge < -0.3 is 15.7 Å². The van der Waals surface area contributed by atoms with E-state index in [1.165, 1.54) is 0 Å². The number of aliphatic hydroxyl groups is 1. The van der Waals surface area contributed by atoms with Crippen molar-refractivity contribution in [3.8, 4) is 0 Å². The fourth-order valence-corrected chi connectivity index (χ4v) is 2.29. The Labute approximate surface area is 108 Å². The molecule has 2 heterocycles. The summed E-state index contributed by atoms with van der Waals surface area (Å²) >= 11 is 0. The maximum Gasteiger partial charge on any atom is 0.137 e. The Morgan fingerprint density at radius 2 is 2.00 bits per heavy atom. The number of nitrogens with zero attached hydrogens (tertiary/aromatic N) is 3. The van der Waals surface area contributed by atoms with Crippen LogP contribution in [0.25, 0.3) is 0 Å². The van der Waals surface area contributed by atoms with Crippen LogP contribution in [0, 0.1) is 6.92 Å². The zero-order chi connectivity index (χ0) is 13.1. The van der Waals surface area contributed by atoms with Gasteiger partial charge in [-0.3, -0.25) is 0 Å². The molecule has 18 heavy (non-hydrogen) atoms. The first-order valence-corrected chi connectivity index (χ1v) is 6.67. The van der Waals surface area contributed by atoms with Gasteiger partial charge in [0.25, 0.3) is 0 Å². The predicted molar refractivity (Wildman–Crippen MR) is 72.6 cm³/mol. The van der Waals surface area contributed by atoms with E-state index in [4.69, 9.17) is 5.73 Å². The normalized spacial score (nSPS) is 17.2. The Balaban J connectivity index is 2.25. The summed E-state index contributed by atoms with van der Waals surface area (Å²) in [6.45, 7) is 5.75. The monoisotopic (exact) mass is 250 g/mol. The molecule has 100 valence electrons. The van der Waals surface area contributed by atoms with Gasteiger partial charge in [-0.05, 0) is 26.2 Å². The van der Waals surface area contributed by atoms with E-state index >= 15 is 0 Å². The predicted octanol–water partition coefficient (Wildman–Crippen LogP) is 1.28. The molecule has 0 bridgehead atoms. The zero-order valence-electron chi connectivity index (χ0n) is 11.2. The second kappa shape index (κ2) is 5.52. The summed E-state index contributed by atoms with van der Waals surface area (Å²) in [6.07, 6.45) is 3.30. The van der Waals surface area contributed by atoms with Crippen LogP contribution in [0.1, 0.15) is 37.6 Å². The molecular weight excluding hydrogens is 228 g/mol. The summed E-state index contributed by atoms with van der Waals surface area (Å²) in [7, 11) is 0. The molecule has 2 rings (SSSR count). The van der Waals surface area contributed by atoms with Gasteiger partial charge in [-0.2, -0.15) is 0 Å². The molecule has 5 nitrogen and oxygen atoms in total. The van der Waals surface area contributed by atoms with Crippen molar-refractivity contribution in [1.29, 1.82) is 0 Å². The number of hydrogen-bond acceptors (Lipinski definition) is 5. The number of anilines is 2. The highest BCUT2D eigenvalue weighted by atomic mass is 16.3. The van der Waals surface area contributed by atoms with Gasteiger partial charge in [0.05, 0.1) is 6.10 Å². The molecule has 0 amide bonds. The molecule has 0 atom stereocenters. The van der Waals surface area contributed by atoms with Crippen LogP contribution in [0.5, 0.6) is 0 Å². The van der Waals surface area contributed by atoms with Crippen molar-refractivity contribution in [1.82, 2.24) is 9.97 Å². The first-order valence-electron chi connectivity index (χ1n) is 6.67. The Hall–Kier alpha value is -1.36. The molecule has 1 aromatic rings. The summed E-state index contributed by atoms with van der Waals surface area (Å²) in [5.74, 6) is 2.34. The summed E-state index contributed by atoms with van der Waals surface area (Å²) in [5, 5.41) is 9.55. The van der Waals surface area contributed by atoms with Gasteiger partial charge in [0.2, 0.25) is 0 Å². The number of piperidine rings is 1. The molecule has 0 saturated carbocycles. The number of nitrogen functional groups attached to an aromatic ring is 1. The molecule has 1 aliphatic heterocycles. The number of hydrogen-bond donors (Lipinski definition) is 2. The second-order valence-corrected chi connectivity index (χ2v) is 4.94. The lowest BCUT2D eigenvalue weighted by Crippen LogP contribution is -2.37. The van der Waals surface area contributed by atoms with E-state index in [0.29, 0.717) is 5.82 Å². The van der Waals surface area contributed by atoms with Crippen molar-refractivity contribution in [2.75, 3.05) is 23.7 Å². The largest absolute Gasteiger partial charge is 0.393 e. The van der Waals surface area contributed by atoms with Crippen molar-refractivity contribution < 1.29 is 5.11 Å². The van der Waals surface area contributed by atoms with Gasteiger partial charge in [0.15, 0.2) is 0 Å². The minimum atomic E-state index is -0.171. The van der Waals surface area contributed by atoms with Crippen molar-refractivity contribution in [3.63, 3.8) is 0 Å². The Morgan fingerprint density at radius 1 is 1.33 bits per heavy atom. The average Bonchev–Trinajstić information content (AvgIpc) is 2.35. The molecule has 0 radical (unpaired) electrons. The summed E-state index contributed by atoms with van der Waals surface area (Å²) < 4.78 is 0. The van der Waals surface area contributed by atoms with E-state index in [1.807, 2.05) is 6.92 Å². The number of aromatic nitrogens is 2. The molecule has 1 aliphatic rings. The molecule has 1 saturated heterocycles. The first kappa shape index (κ1) is 13.1. The average molecular weight is 250 g/mol. The van der Waals surface area contributed by atoms with Crippen LogP contribution in [-0.2, 0) is 6.42 Å². The molecule has 3 N–H and O–H groups in total. The van der Waals surface area contributed by atoms with E-state index in [1.54, 1.807) is 0 Å². The Bertz CT molecular complexity index is 414. The van der Waals surface area contributed by atoms with E-state index in [0.717, 1.165) is 56.0 Å². The van der Waals surface area contributed by atoms with Crippen molar-refractivity contribution in [2.45, 2.75) is 45.6 Å². The van der Waals surface area contributed by atoms with Crippen LogP contribution >= 0.6 is 0 Å². The standard InChI is InChI=1S/C13H22N4O/c1-3-4-11-15-12(14)9(2)13(16-11)17-7-5-10(18)6-8-17/h10,18H,3-8H2,1-2H3,(H2,14,15,16). The van der Waals surface area contributed by atoms with Crippen LogP contribution in [0.15, 0.2) is 0 Å². The molecule has 5 heteroatoms. The van der Waals surface area contributed by atoms with E-state index in [-0.39, 0.29) is 6.10 Å². The van der Waals surface area contributed by atoms with E-state index in [9.17, 15) is 5.11 Å². The lowest BCUT2D eigenvalue weighted by Gasteiger charge is -2.31. The fourth-order valence-electron chi connectivity index (χ4n) is 2.29. The van der Waals surface area contributed by atoms with Crippen LogP contribution in [0.4, 0.5) is 11.6 Å². The number of aryl methyl sites for hydroxylation is 1. The number of rotatable bonds is 3. The third-order valence-corrected chi connectivity index (χ3v) is 3.44. The zero-order valence-corrected chi connectivity index (χ0v) is 11.2. The first-order chi connectivity index (χ1) is 8.61. The Kier molecular flexibility index (Phi) is 4.01. The van der Waals surface area contributed by atoms with Gasteiger partial charge in [-0.25, -0.2) is 9.97 Å². The lowest BCUT2D eigenvalue weighted by atomic mass is 10.1. The van der Waals surface area contributed by atoms with Crippen LogP contribution in [-0.4, -0.2) is 34.3 Å². The topological polar surface area (TPSA) is 75.3 Å². The fraction of sp³-hybridized carbons (Fsp3) is 0.692. The van der Waals surface area contributed by atoms with Gasteiger partial charge in [0, 0.05) is 25.1 Å². The Morgan fingerprint density at radius 3 is 2.61 bits per heavy atom. The lowest BCUT2D eigenvalue weighted by molar-refractivity contribution is 0.145. The van der Waals surface area contributed by atoms with Crippen LogP contribution in [0.3, 0.4) is 0 Å². The minimum Gasteiger partial charge on any atom is -0.393 e. The molecule has 1 aromatic heterocycles. The van der Waals surface area contributed by atoms with Gasteiger partial charge in [-0.1, -0.05) is 6.92 Å². The van der Waals surface area contributed by atoms with E-state index < -0.39 is 0 Å². The summed E-state index contributed by atoms with van der Waals surface area (Å²) in [6, 6.07) is 0. The maximum absolute atomic E-state index is 9.55. The van der Waals surface area contributed by atoms with Crippen LogP contribution in [0.2, 0.25) is 0 Å². The van der Waals surface area contributed by atoms with Crippen molar-refractivity contribution >= 4 is 11.6 Å². The summed E-state index contributed by atoms with van der Waals surface area (Å²) in [4.78, 5) is 11.2. The number of aliphatic hydroxyl groups excluding tert-OH is 1. The quantitative estimate of drug-likeness (QED) is 0.845. The maximum atomic E-state index is 9.55. The second-order valence-electron chi connectivity index (χ2n) is 4.94. The van der Waals surface area contributed by atoms with Gasteiger partial charge in [-0.15, -0.1) is 0 Å². The SMILES string of the molecule is CCCc1nc(N)c(C)c(N2CCC(O)CC2)n1. The molecule has 1 fully saturated rings. The van der Waals surface area contributed by atoms with Crippen LogP contribution < -0.4 is 10.6 Å². The smallest absolute Gasteiger partial charge is 0.137 e. The van der Waals surface area contributed by atoms with Crippen molar-refractivity contribution in [2.24, 2.45) is 0 Å². The molecule has 0 unspecified atom stereocenters. The summed E-state index contributed by atoms with van der Waals surface area (Å²) in [5.41, 5.74) is 6.91. The molecular formula is C13H22N4O. The minimum absolute atomic E-state index is 0.171.